The fraction of sp³-hybridized carbons (Fsp3) is 0.300. The van der Waals surface area contributed by atoms with Gasteiger partial charge in [0.25, 0.3) is 0 Å². The number of rotatable bonds is 3. The number of benzene rings is 1. The summed E-state index contributed by atoms with van der Waals surface area (Å²) in [5.41, 5.74) is 1.87. The van der Waals surface area contributed by atoms with Crippen molar-refractivity contribution < 1.29 is 4.79 Å². The van der Waals surface area contributed by atoms with E-state index in [1.807, 2.05) is 31.3 Å². The van der Waals surface area contributed by atoms with Gasteiger partial charge >= 0.3 is 0 Å². The zero-order valence-electron chi connectivity index (χ0n) is 15.8. The Labute approximate surface area is 177 Å². The summed E-state index contributed by atoms with van der Waals surface area (Å²) in [7, 11) is 0. The molecule has 0 radical (unpaired) electrons. The maximum atomic E-state index is 12.0. The molecule has 2 aliphatic heterocycles. The minimum atomic E-state index is 0.114. The lowest BCUT2D eigenvalue weighted by Gasteiger charge is -2.20. The molecule has 7 nitrogen and oxygen atoms in total. The predicted molar refractivity (Wildman–Crippen MR) is 113 cm³/mol. The maximum Gasteiger partial charge on any atom is 0.228 e. The molecule has 2 aliphatic rings. The van der Waals surface area contributed by atoms with Gasteiger partial charge in [-0.2, -0.15) is 0 Å². The van der Waals surface area contributed by atoms with E-state index in [0.29, 0.717) is 34.7 Å². The van der Waals surface area contributed by atoms with Crippen LogP contribution in [0.5, 0.6) is 0 Å². The number of hydrogen-bond donors (Lipinski definition) is 0. The van der Waals surface area contributed by atoms with Gasteiger partial charge in [-0.1, -0.05) is 23.2 Å². The Hall–Kier alpha value is -2.64. The van der Waals surface area contributed by atoms with Crippen molar-refractivity contribution in [1.82, 2.24) is 19.7 Å². The van der Waals surface area contributed by atoms with Crippen molar-refractivity contribution in [2.24, 2.45) is 0 Å². The highest BCUT2D eigenvalue weighted by Gasteiger charge is 2.29. The molecule has 29 heavy (non-hydrogen) atoms. The van der Waals surface area contributed by atoms with Crippen molar-refractivity contribution in [3.8, 4) is 5.82 Å². The molecule has 148 valence electrons. The van der Waals surface area contributed by atoms with Gasteiger partial charge in [0, 0.05) is 42.4 Å². The van der Waals surface area contributed by atoms with Crippen LogP contribution in [0.3, 0.4) is 0 Å². The predicted octanol–water partition coefficient (Wildman–Crippen LogP) is 4.10. The van der Waals surface area contributed by atoms with E-state index in [1.54, 1.807) is 15.6 Å². The summed E-state index contributed by atoms with van der Waals surface area (Å²) < 4.78 is 1.74. The van der Waals surface area contributed by atoms with Gasteiger partial charge < -0.3 is 4.90 Å². The van der Waals surface area contributed by atoms with E-state index in [0.717, 1.165) is 42.3 Å². The minimum Gasteiger partial charge on any atom is -0.324 e. The highest BCUT2D eigenvalue weighted by Crippen LogP contribution is 2.39. The summed E-state index contributed by atoms with van der Waals surface area (Å²) in [6, 6.07) is 7.32. The number of fused-ring (bicyclic) bond motifs is 1. The van der Waals surface area contributed by atoms with Gasteiger partial charge in [0.05, 0.1) is 10.7 Å². The van der Waals surface area contributed by atoms with Crippen molar-refractivity contribution in [2.75, 3.05) is 22.9 Å². The van der Waals surface area contributed by atoms with Gasteiger partial charge in [-0.15, -0.1) is 5.10 Å². The SMILES string of the molecule is Cc1nc2c(c(-n3ccc(N4CCCC4=O)n3)n1)CCN2c1ccc(Cl)cc1Cl. The van der Waals surface area contributed by atoms with Crippen molar-refractivity contribution in [3.05, 3.63) is 51.9 Å². The minimum absolute atomic E-state index is 0.114. The molecule has 1 amide bonds. The topological polar surface area (TPSA) is 67.2 Å². The molecular weight excluding hydrogens is 411 g/mol. The largest absolute Gasteiger partial charge is 0.324 e. The number of hydrogen-bond acceptors (Lipinski definition) is 5. The van der Waals surface area contributed by atoms with Crippen molar-refractivity contribution in [3.63, 3.8) is 0 Å². The van der Waals surface area contributed by atoms with Crippen LogP contribution >= 0.6 is 23.2 Å². The molecule has 0 N–H and O–H groups in total. The maximum absolute atomic E-state index is 12.0. The van der Waals surface area contributed by atoms with Crippen LogP contribution in [0.25, 0.3) is 5.82 Å². The number of anilines is 3. The van der Waals surface area contributed by atoms with Crippen molar-refractivity contribution >= 4 is 46.4 Å². The average molecular weight is 429 g/mol. The lowest BCUT2D eigenvalue weighted by atomic mass is 10.2. The Balaban J connectivity index is 1.56. The van der Waals surface area contributed by atoms with Crippen LogP contribution in [0.1, 0.15) is 24.2 Å². The Morgan fingerprint density at radius 3 is 2.59 bits per heavy atom. The van der Waals surface area contributed by atoms with E-state index in [2.05, 4.69) is 20.0 Å². The monoisotopic (exact) mass is 428 g/mol. The molecule has 9 heteroatoms. The van der Waals surface area contributed by atoms with Gasteiger partial charge in [-0.25, -0.2) is 14.6 Å². The molecule has 1 saturated heterocycles. The summed E-state index contributed by atoms with van der Waals surface area (Å²) in [4.78, 5) is 25.2. The number of aromatic nitrogens is 4. The first kappa shape index (κ1) is 18.4. The number of amides is 1. The molecule has 4 heterocycles. The quantitative estimate of drug-likeness (QED) is 0.627. The van der Waals surface area contributed by atoms with E-state index in [4.69, 9.17) is 23.2 Å². The second kappa shape index (κ2) is 7.00. The summed E-state index contributed by atoms with van der Waals surface area (Å²) in [5, 5.41) is 5.80. The van der Waals surface area contributed by atoms with Crippen LogP contribution in [-0.2, 0) is 11.2 Å². The standard InChI is InChI=1S/C20H18Cl2N6O/c1-12-23-19-14(6-9-26(19)16-5-4-13(21)11-15(16)22)20(24-12)28-10-7-17(25-28)27-8-2-3-18(27)29/h4-5,7,10-11H,2-3,6,8-9H2,1H3. The molecule has 0 atom stereocenters. The fourth-order valence-electron chi connectivity index (χ4n) is 3.93. The van der Waals surface area contributed by atoms with Crippen LogP contribution in [-0.4, -0.2) is 38.7 Å². The summed E-state index contributed by atoms with van der Waals surface area (Å²) in [6.07, 6.45) is 4.05. The van der Waals surface area contributed by atoms with Crippen molar-refractivity contribution in [2.45, 2.75) is 26.2 Å². The first-order chi connectivity index (χ1) is 14.0. The second-order valence-corrected chi connectivity index (χ2v) is 8.01. The lowest BCUT2D eigenvalue weighted by Crippen LogP contribution is -2.24. The molecule has 0 unspecified atom stereocenters. The molecular formula is C20H18Cl2N6O. The van der Waals surface area contributed by atoms with E-state index in [-0.39, 0.29) is 5.91 Å². The molecule has 5 rings (SSSR count). The smallest absolute Gasteiger partial charge is 0.228 e. The third-order valence-electron chi connectivity index (χ3n) is 5.26. The highest BCUT2D eigenvalue weighted by atomic mass is 35.5. The number of halogens is 2. The molecule has 1 fully saturated rings. The van der Waals surface area contributed by atoms with E-state index in [9.17, 15) is 4.79 Å². The van der Waals surface area contributed by atoms with Gasteiger partial charge in [-0.3, -0.25) is 9.69 Å². The first-order valence-electron chi connectivity index (χ1n) is 9.48. The third-order valence-corrected chi connectivity index (χ3v) is 5.80. The second-order valence-electron chi connectivity index (χ2n) is 7.16. The van der Waals surface area contributed by atoms with Gasteiger partial charge in [0.2, 0.25) is 5.91 Å². The van der Waals surface area contributed by atoms with Gasteiger partial charge in [0.1, 0.15) is 11.6 Å². The van der Waals surface area contributed by atoms with Crippen LogP contribution < -0.4 is 9.80 Å². The summed E-state index contributed by atoms with van der Waals surface area (Å²) >= 11 is 12.5. The van der Waals surface area contributed by atoms with Crippen LogP contribution in [0, 0.1) is 6.92 Å². The van der Waals surface area contributed by atoms with E-state index in [1.165, 1.54) is 0 Å². The number of aryl methyl sites for hydroxylation is 1. The lowest BCUT2D eigenvalue weighted by molar-refractivity contribution is -0.117. The molecule has 2 aromatic heterocycles. The molecule has 0 saturated carbocycles. The normalized spacial score (nSPS) is 16.0. The first-order valence-corrected chi connectivity index (χ1v) is 10.2. The van der Waals surface area contributed by atoms with Crippen molar-refractivity contribution in [1.29, 1.82) is 0 Å². The zero-order chi connectivity index (χ0) is 20.1. The fourth-order valence-corrected chi connectivity index (χ4v) is 4.44. The molecule has 0 aliphatic carbocycles. The number of carbonyl (C=O) groups is 1. The van der Waals surface area contributed by atoms with Crippen LogP contribution in [0.4, 0.5) is 17.3 Å². The number of nitrogens with zero attached hydrogens (tertiary/aromatic N) is 6. The van der Waals surface area contributed by atoms with E-state index >= 15 is 0 Å². The van der Waals surface area contributed by atoms with Crippen LogP contribution in [0.2, 0.25) is 10.0 Å². The highest BCUT2D eigenvalue weighted by molar-refractivity contribution is 6.36. The summed E-state index contributed by atoms with van der Waals surface area (Å²) in [6.45, 7) is 3.30. The Morgan fingerprint density at radius 1 is 1.00 bits per heavy atom. The molecule has 0 bridgehead atoms. The third kappa shape index (κ3) is 3.14. The summed E-state index contributed by atoms with van der Waals surface area (Å²) in [5.74, 6) is 2.98. The molecule has 0 spiro atoms. The van der Waals surface area contributed by atoms with Crippen LogP contribution in [0.15, 0.2) is 30.5 Å². The molecule has 1 aromatic carbocycles. The Morgan fingerprint density at radius 2 is 1.83 bits per heavy atom. The zero-order valence-corrected chi connectivity index (χ0v) is 17.3. The van der Waals surface area contributed by atoms with Gasteiger partial charge in [-0.05, 0) is 38.0 Å². The van der Waals surface area contributed by atoms with Gasteiger partial charge in [0.15, 0.2) is 11.6 Å². The Kier molecular flexibility index (Phi) is 4.44. The molecule has 3 aromatic rings. The van der Waals surface area contributed by atoms with E-state index < -0.39 is 0 Å². The Bertz CT molecular complexity index is 1130. The average Bonchev–Trinajstić information content (AvgIpc) is 3.40. The number of carbonyl (C=O) groups excluding carboxylic acids is 1.